The lowest BCUT2D eigenvalue weighted by Crippen LogP contribution is -2.45. The number of hydrogen-bond acceptors (Lipinski definition) is 7. The van der Waals surface area contributed by atoms with E-state index in [1.807, 2.05) is 0 Å². The van der Waals surface area contributed by atoms with Gasteiger partial charge in [-0.25, -0.2) is 14.8 Å². The molecule has 2 amide bonds. The highest BCUT2D eigenvalue weighted by Gasteiger charge is 2.34. The highest BCUT2D eigenvalue weighted by atomic mass is 16.5. The third-order valence-corrected chi connectivity index (χ3v) is 3.80. The van der Waals surface area contributed by atoms with E-state index in [4.69, 9.17) is 9.26 Å². The lowest BCUT2D eigenvalue weighted by Gasteiger charge is -2.27. The van der Waals surface area contributed by atoms with Crippen LogP contribution >= 0.6 is 0 Å². The van der Waals surface area contributed by atoms with Gasteiger partial charge in [0.15, 0.2) is 5.69 Å². The van der Waals surface area contributed by atoms with Crippen molar-refractivity contribution in [2.24, 2.45) is 0 Å². The monoisotopic (exact) mass is 344 g/mol. The second kappa shape index (κ2) is 6.71. The molecule has 1 fully saturated rings. The van der Waals surface area contributed by atoms with Crippen LogP contribution in [0.3, 0.4) is 0 Å². The summed E-state index contributed by atoms with van der Waals surface area (Å²) in [4.78, 5) is 41.2. The van der Waals surface area contributed by atoms with Gasteiger partial charge in [-0.3, -0.25) is 14.6 Å². The Hall–Kier alpha value is -3.23. The Kier molecular flexibility index (Phi) is 4.46. The average Bonchev–Trinajstić information content (AvgIpc) is 3.29. The highest BCUT2D eigenvalue weighted by molar-refractivity contribution is 6.06. The zero-order valence-corrected chi connectivity index (χ0v) is 13.8. The van der Waals surface area contributed by atoms with Crippen molar-refractivity contribution < 1.29 is 23.6 Å². The standard InChI is InChI=1S/C16H16N4O5/c1-10-8-13(18-25-10)15(22)20-7-3-6-19(20)14(21)12-9-17-5-4-11(12)16(23)24-2/h4-5,8-9H,3,6-7H2,1-2H3. The molecule has 0 bridgehead atoms. The molecular weight excluding hydrogens is 328 g/mol. The van der Waals surface area contributed by atoms with E-state index >= 15 is 0 Å². The quantitative estimate of drug-likeness (QED) is 0.767. The second-order valence-electron chi connectivity index (χ2n) is 5.45. The summed E-state index contributed by atoms with van der Waals surface area (Å²) >= 11 is 0. The number of carbonyl (C=O) groups excluding carboxylic acids is 3. The number of pyridine rings is 1. The summed E-state index contributed by atoms with van der Waals surface area (Å²) in [6.07, 6.45) is 3.30. The molecule has 2 aromatic rings. The first-order chi connectivity index (χ1) is 12.0. The van der Waals surface area contributed by atoms with E-state index in [1.54, 1.807) is 6.92 Å². The molecule has 9 heteroatoms. The molecule has 0 aromatic carbocycles. The van der Waals surface area contributed by atoms with Crippen LogP contribution in [0.4, 0.5) is 0 Å². The molecule has 0 unspecified atom stereocenters. The zero-order valence-electron chi connectivity index (χ0n) is 13.8. The van der Waals surface area contributed by atoms with Crippen molar-refractivity contribution >= 4 is 17.8 Å². The third kappa shape index (κ3) is 3.08. The Morgan fingerprint density at radius 2 is 1.88 bits per heavy atom. The normalized spacial score (nSPS) is 13.8. The van der Waals surface area contributed by atoms with Gasteiger partial charge in [0.25, 0.3) is 11.8 Å². The molecule has 9 nitrogen and oxygen atoms in total. The fraction of sp³-hybridized carbons (Fsp3) is 0.312. The number of amides is 2. The fourth-order valence-electron chi connectivity index (χ4n) is 2.63. The van der Waals surface area contributed by atoms with Crippen LogP contribution in [-0.4, -0.2) is 58.1 Å². The molecule has 3 heterocycles. The summed E-state index contributed by atoms with van der Waals surface area (Å²) in [6, 6.07) is 2.91. The van der Waals surface area contributed by atoms with E-state index in [1.165, 1.54) is 41.7 Å². The molecule has 25 heavy (non-hydrogen) atoms. The number of methoxy groups -OCH3 is 1. The molecule has 1 aliphatic heterocycles. The first kappa shape index (κ1) is 16.6. The van der Waals surface area contributed by atoms with Gasteiger partial charge in [-0.05, 0) is 19.4 Å². The molecule has 0 N–H and O–H groups in total. The van der Waals surface area contributed by atoms with Crippen molar-refractivity contribution in [3.8, 4) is 0 Å². The lowest BCUT2D eigenvalue weighted by atomic mass is 10.1. The van der Waals surface area contributed by atoms with E-state index in [-0.39, 0.29) is 16.8 Å². The van der Waals surface area contributed by atoms with Crippen LogP contribution in [0.1, 0.15) is 43.4 Å². The topological polar surface area (TPSA) is 106 Å². The van der Waals surface area contributed by atoms with E-state index in [0.29, 0.717) is 25.3 Å². The summed E-state index contributed by atoms with van der Waals surface area (Å²) in [5.41, 5.74) is 0.293. The molecule has 130 valence electrons. The van der Waals surface area contributed by atoms with Gasteiger partial charge in [0.05, 0.1) is 18.2 Å². The average molecular weight is 344 g/mol. The van der Waals surface area contributed by atoms with Gasteiger partial charge < -0.3 is 9.26 Å². The number of ether oxygens (including phenoxy) is 1. The van der Waals surface area contributed by atoms with Gasteiger partial charge in [-0.1, -0.05) is 5.16 Å². The van der Waals surface area contributed by atoms with Crippen molar-refractivity contribution in [3.63, 3.8) is 0 Å². The number of nitrogens with zero attached hydrogens (tertiary/aromatic N) is 4. The van der Waals surface area contributed by atoms with Crippen LogP contribution in [-0.2, 0) is 4.74 Å². The maximum Gasteiger partial charge on any atom is 0.338 e. The Balaban J connectivity index is 1.89. The zero-order chi connectivity index (χ0) is 18.0. The van der Waals surface area contributed by atoms with E-state index < -0.39 is 17.8 Å². The summed E-state index contributed by atoms with van der Waals surface area (Å²) in [6.45, 7) is 2.39. The number of esters is 1. The van der Waals surface area contributed by atoms with Gasteiger partial charge in [0.1, 0.15) is 5.76 Å². The first-order valence-electron chi connectivity index (χ1n) is 7.62. The Morgan fingerprint density at radius 3 is 2.52 bits per heavy atom. The molecule has 0 saturated carbocycles. The number of rotatable bonds is 3. The summed E-state index contributed by atoms with van der Waals surface area (Å²) in [5.74, 6) is -1.08. The number of carbonyl (C=O) groups is 3. The number of aryl methyl sites for hydroxylation is 1. The predicted octanol–water partition coefficient (Wildman–Crippen LogP) is 1.07. The van der Waals surface area contributed by atoms with Gasteiger partial charge in [0.2, 0.25) is 0 Å². The molecule has 0 spiro atoms. The molecule has 1 saturated heterocycles. The molecule has 0 atom stereocenters. The molecule has 2 aromatic heterocycles. The maximum absolute atomic E-state index is 12.9. The van der Waals surface area contributed by atoms with Crippen molar-refractivity contribution in [1.82, 2.24) is 20.2 Å². The minimum Gasteiger partial charge on any atom is -0.465 e. The van der Waals surface area contributed by atoms with Crippen LogP contribution < -0.4 is 0 Å². The predicted molar refractivity (Wildman–Crippen MR) is 83.5 cm³/mol. The van der Waals surface area contributed by atoms with Gasteiger partial charge in [-0.15, -0.1) is 0 Å². The molecular formula is C16H16N4O5. The Morgan fingerprint density at radius 1 is 1.16 bits per heavy atom. The van der Waals surface area contributed by atoms with Crippen LogP contribution in [0.25, 0.3) is 0 Å². The highest BCUT2D eigenvalue weighted by Crippen LogP contribution is 2.20. The molecule has 3 rings (SSSR count). The number of hydrogen-bond donors (Lipinski definition) is 0. The summed E-state index contributed by atoms with van der Waals surface area (Å²) < 4.78 is 9.61. The fourth-order valence-corrected chi connectivity index (χ4v) is 2.63. The maximum atomic E-state index is 12.9. The largest absolute Gasteiger partial charge is 0.465 e. The van der Waals surface area contributed by atoms with Crippen molar-refractivity contribution in [1.29, 1.82) is 0 Å². The van der Waals surface area contributed by atoms with Crippen LogP contribution in [0.15, 0.2) is 29.0 Å². The Bertz CT molecular complexity index is 831. The lowest BCUT2D eigenvalue weighted by molar-refractivity contribution is 0.0177. The van der Waals surface area contributed by atoms with Crippen molar-refractivity contribution in [2.75, 3.05) is 20.2 Å². The van der Waals surface area contributed by atoms with Crippen LogP contribution in [0.5, 0.6) is 0 Å². The summed E-state index contributed by atoms with van der Waals surface area (Å²) in [7, 11) is 1.23. The van der Waals surface area contributed by atoms with Crippen LogP contribution in [0, 0.1) is 6.92 Å². The smallest absolute Gasteiger partial charge is 0.338 e. The third-order valence-electron chi connectivity index (χ3n) is 3.80. The number of hydrazine groups is 1. The van der Waals surface area contributed by atoms with Gasteiger partial charge >= 0.3 is 5.97 Å². The van der Waals surface area contributed by atoms with Crippen LogP contribution in [0.2, 0.25) is 0 Å². The minimum atomic E-state index is -0.644. The first-order valence-corrected chi connectivity index (χ1v) is 7.62. The van der Waals surface area contributed by atoms with E-state index in [2.05, 4.69) is 10.1 Å². The van der Waals surface area contributed by atoms with E-state index in [0.717, 1.165) is 0 Å². The number of aromatic nitrogens is 2. The molecule has 1 aliphatic rings. The Labute approximate surface area is 143 Å². The van der Waals surface area contributed by atoms with Gasteiger partial charge in [-0.2, -0.15) is 0 Å². The summed E-state index contributed by atoms with van der Waals surface area (Å²) in [5, 5.41) is 6.28. The SMILES string of the molecule is COC(=O)c1ccncc1C(=O)N1CCCN1C(=O)c1cc(C)on1. The van der Waals surface area contributed by atoms with E-state index in [9.17, 15) is 14.4 Å². The van der Waals surface area contributed by atoms with Crippen molar-refractivity contribution in [3.05, 3.63) is 47.1 Å². The molecule has 0 radical (unpaired) electrons. The molecule has 0 aliphatic carbocycles. The van der Waals surface area contributed by atoms with Gasteiger partial charge in [0, 0.05) is 31.5 Å². The minimum absolute atomic E-state index is 0.0744. The van der Waals surface area contributed by atoms with Crippen molar-refractivity contribution in [2.45, 2.75) is 13.3 Å². The second-order valence-corrected chi connectivity index (χ2v) is 5.45.